The Balaban J connectivity index is 0.00000312. The number of aromatic nitrogens is 2. The molecule has 0 aliphatic heterocycles. The average molecular weight is 459 g/mol. The van der Waals surface area contributed by atoms with Gasteiger partial charge in [0.25, 0.3) is 0 Å². The topological polar surface area (TPSA) is 58.6 Å². The zero-order valence-electron chi connectivity index (χ0n) is 16.0. The van der Waals surface area contributed by atoms with E-state index in [-0.39, 0.29) is 29.4 Å². The zero-order chi connectivity index (χ0) is 17.7. The molecule has 2 aromatic heterocycles. The number of aliphatic imine (C=N–C) groups is 1. The highest BCUT2D eigenvalue weighted by molar-refractivity contribution is 14.0. The molecule has 0 aliphatic carbocycles. The third-order valence-electron chi connectivity index (χ3n) is 3.80. The minimum Gasteiger partial charge on any atom is -0.443 e. The van der Waals surface area contributed by atoms with Crippen LogP contribution in [0.2, 0.25) is 0 Å². The van der Waals surface area contributed by atoms with Crippen molar-refractivity contribution in [2.45, 2.75) is 46.2 Å². The number of halogens is 1. The summed E-state index contributed by atoms with van der Waals surface area (Å²) in [5.74, 6) is 2.37. The van der Waals surface area contributed by atoms with Gasteiger partial charge in [0.05, 0.1) is 12.7 Å². The van der Waals surface area contributed by atoms with Gasteiger partial charge in [-0.25, -0.2) is 9.98 Å². The molecule has 0 aromatic carbocycles. The summed E-state index contributed by atoms with van der Waals surface area (Å²) in [6.45, 7) is 10.4. The number of nitrogens with one attached hydrogen (secondary N) is 1. The largest absolute Gasteiger partial charge is 0.443 e. The van der Waals surface area contributed by atoms with Crippen molar-refractivity contribution in [1.29, 1.82) is 0 Å². The van der Waals surface area contributed by atoms with Gasteiger partial charge in [-0.15, -0.1) is 24.0 Å². The predicted molar refractivity (Wildman–Crippen MR) is 112 cm³/mol. The Morgan fingerprint density at radius 2 is 2.12 bits per heavy atom. The molecule has 25 heavy (non-hydrogen) atoms. The van der Waals surface area contributed by atoms with Crippen LogP contribution in [-0.2, 0) is 25.6 Å². The van der Waals surface area contributed by atoms with E-state index in [4.69, 9.17) is 4.42 Å². The number of hydrogen-bond acceptors (Lipinski definition) is 3. The van der Waals surface area contributed by atoms with Crippen molar-refractivity contribution < 1.29 is 4.42 Å². The number of guanidine groups is 1. The van der Waals surface area contributed by atoms with Gasteiger partial charge in [-0.2, -0.15) is 0 Å². The standard InChI is InChI=1S/C18H29N5O.HI/c1-7-19-17(23(6)13-14-9-8-10-22(14)5)21-12-16-20-11-15(24-16)18(2,3)4;/h8-11H,7,12-13H2,1-6H3,(H,19,21);1H. The second kappa shape index (κ2) is 9.26. The molecule has 0 spiro atoms. The van der Waals surface area contributed by atoms with Crippen LogP contribution < -0.4 is 5.32 Å². The first-order chi connectivity index (χ1) is 11.3. The molecule has 2 aromatic rings. The van der Waals surface area contributed by atoms with E-state index in [0.29, 0.717) is 12.4 Å². The van der Waals surface area contributed by atoms with Gasteiger partial charge in [-0.3, -0.25) is 0 Å². The SMILES string of the molecule is CCNC(=NCc1ncc(C(C)(C)C)o1)N(C)Cc1cccn1C.I. The quantitative estimate of drug-likeness (QED) is 0.422. The smallest absolute Gasteiger partial charge is 0.216 e. The van der Waals surface area contributed by atoms with E-state index in [1.807, 2.05) is 26.4 Å². The minimum absolute atomic E-state index is 0. The lowest BCUT2D eigenvalue weighted by Gasteiger charge is -2.22. The van der Waals surface area contributed by atoms with Crippen LogP contribution in [0.5, 0.6) is 0 Å². The van der Waals surface area contributed by atoms with Crippen LogP contribution in [-0.4, -0.2) is 34.0 Å². The molecule has 7 heteroatoms. The summed E-state index contributed by atoms with van der Waals surface area (Å²) in [4.78, 5) is 11.1. The lowest BCUT2D eigenvalue weighted by atomic mass is 9.94. The molecule has 0 amide bonds. The second-order valence-electron chi connectivity index (χ2n) is 7.00. The van der Waals surface area contributed by atoms with Crippen molar-refractivity contribution in [2.75, 3.05) is 13.6 Å². The third-order valence-corrected chi connectivity index (χ3v) is 3.80. The monoisotopic (exact) mass is 459 g/mol. The molecule has 6 nitrogen and oxygen atoms in total. The number of oxazole rings is 1. The maximum Gasteiger partial charge on any atom is 0.216 e. The van der Waals surface area contributed by atoms with E-state index in [9.17, 15) is 0 Å². The van der Waals surface area contributed by atoms with Gasteiger partial charge in [0.1, 0.15) is 12.3 Å². The Hall–Kier alpha value is -1.51. The maximum absolute atomic E-state index is 5.81. The van der Waals surface area contributed by atoms with Crippen molar-refractivity contribution in [1.82, 2.24) is 19.8 Å². The summed E-state index contributed by atoms with van der Waals surface area (Å²) < 4.78 is 7.93. The molecule has 140 valence electrons. The zero-order valence-corrected chi connectivity index (χ0v) is 18.4. The normalized spacial score (nSPS) is 12.0. The molecule has 0 atom stereocenters. The van der Waals surface area contributed by atoms with E-state index in [1.54, 1.807) is 6.20 Å². The Morgan fingerprint density at radius 1 is 1.40 bits per heavy atom. The highest BCUT2D eigenvalue weighted by atomic mass is 127. The number of rotatable bonds is 5. The lowest BCUT2D eigenvalue weighted by molar-refractivity contribution is 0.382. The third kappa shape index (κ3) is 6.05. The van der Waals surface area contributed by atoms with Gasteiger partial charge in [0.15, 0.2) is 5.96 Å². The first-order valence-electron chi connectivity index (χ1n) is 8.36. The summed E-state index contributed by atoms with van der Waals surface area (Å²) >= 11 is 0. The fraction of sp³-hybridized carbons (Fsp3) is 0.556. The van der Waals surface area contributed by atoms with Crippen molar-refractivity contribution in [3.63, 3.8) is 0 Å². The van der Waals surface area contributed by atoms with Gasteiger partial charge in [0.2, 0.25) is 5.89 Å². The van der Waals surface area contributed by atoms with Crippen molar-refractivity contribution in [3.05, 3.63) is 41.9 Å². The van der Waals surface area contributed by atoms with E-state index in [1.165, 1.54) is 5.69 Å². The van der Waals surface area contributed by atoms with Crippen LogP contribution in [0.1, 0.15) is 45.0 Å². The van der Waals surface area contributed by atoms with Gasteiger partial charge >= 0.3 is 0 Å². The first kappa shape index (κ1) is 21.5. The minimum atomic E-state index is -0.0389. The van der Waals surface area contributed by atoms with Crippen LogP contribution in [0.3, 0.4) is 0 Å². The first-order valence-corrected chi connectivity index (χ1v) is 8.36. The highest BCUT2D eigenvalue weighted by Crippen LogP contribution is 2.22. The molecule has 0 bridgehead atoms. The molecular weight excluding hydrogens is 429 g/mol. The van der Waals surface area contributed by atoms with Gasteiger partial charge < -0.3 is 19.2 Å². The fourth-order valence-electron chi connectivity index (χ4n) is 2.32. The Kier molecular flexibility index (Phi) is 7.98. The van der Waals surface area contributed by atoms with E-state index >= 15 is 0 Å². The Bertz CT molecular complexity index is 684. The summed E-state index contributed by atoms with van der Waals surface area (Å²) in [6, 6.07) is 4.16. The molecule has 0 aliphatic rings. The molecule has 0 saturated heterocycles. The second-order valence-corrected chi connectivity index (χ2v) is 7.00. The van der Waals surface area contributed by atoms with Crippen LogP contribution in [0, 0.1) is 0 Å². The number of nitrogens with zero attached hydrogens (tertiary/aromatic N) is 4. The summed E-state index contributed by atoms with van der Waals surface area (Å²) in [7, 11) is 4.08. The molecule has 0 saturated carbocycles. The fourth-order valence-corrected chi connectivity index (χ4v) is 2.32. The van der Waals surface area contributed by atoms with Crippen LogP contribution >= 0.6 is 24.0 Å². The highest BCUT2D eigenvalue weighted by Gasteiger charge is 2.19. The van der Waals surface area contributed by atoms with E-state index < -0.39 is 0 Å². The predicted octanol–water partition coefficient (Wildman–Crippen LogP) is 3.53. The number of hydrogen-bond donors (Lipinski definition) is 1. The lowest BCUT2D eigenvalue weighted by Crippen LogP contribution is -2.38. The average Bonchev–Trinajstić information content (AvgIpc) is 3.13. The molecule has 0 unspecified atom stereocenters. The molecule has 0 radical (unpaired) electrons. The molecule has 1 N–H and O–H groups in total. The summed E-state index contributed by atoms with van der Waals surface area (Å²) in [6.07, 6.45) is 3.85. The van der Waals surface area contributed by atoms with Crippen molar-refractivity contribution in [2.24, 2.45) is 12.0 Å². The van der Waals surface area contributed by atoms with Gasteiger partial charge in [-0.05, 0) is 19.1 Å². The van der Waals surface area contributed by atoms with Crippen LogP contribution in [0.15, 0.2) is 33.9 Å². The van der Waals surface area contributed by atoms with Crippen molar-refractivity contribution >= 4 is 29.9 Å². The number of aryl methyl sites for hydroxylation is 1. The Morgan fingerprint density at radius 3 is 2.64 bits per heavy atom. The summed E-state index contributed by atoms with van der Waals surface area (Å²) in [5, 5.41) is 3.32. The molecule has 0 fully saturated rings. The van der Waals surface area contributed by atoms with E-state index in [0.717, 1.165) is 24.8 Å². The molecule has 2 heterocycles. The van der Waals surface area contributed by atoms with Crippen LogP contribution in [0.4, 0.5) is 0 Å². The van der Waals surface area contributed by atoms with Gasteiger partial charge in [-0.1, -0.05) is 20.8 Å². The molecular formula is C18H30IN5O. The van der Waals surface area contributed by atoms with Crippen LogP contribution in [0.25, 0.3) is 0 Å². The van der Waals surface area contributed by atoms with E-state index in [2.05, 4.69) is 58.5 Å². The van der Waals surface area contributed by atoms with Gasteiger partial charge in [0, 0.05) is 37.9 Å². The summed E-state index contributed by atoms with van der Waals surface area (Å²) in [5.41, 5.74) is 1.19. The Labute approximate surface area is 167 Å². The maximum atomic E-state index is 5.81. The molecule has 2 rings (SSSR count). The van der Waals surface area contributed by atoms with Crippen molar-refractivity contribution in [3.8, 4) is 0 Å².